The quantitative estimate of drug-likeness (QED) is 0.464. The molecule has 0 radical (unpaired) electrons. The van der Waals surface area contributed by atoms with Crippen LogP contribution in [0.15, 0.2) is 29.4 Å². The Hall–Kier alpha value is -2.11. The maximum atomic E-state index is 4.22. The Kier molecular flexibility index (Phi) is 5.99. The van der Waals surface area contributed by atoms with Crippen LogP contribution >= 0.6 is 0 Å². The Morgan fingerprint density at radius 1 is 1.19 bits per heavy atom. The van der Waals surface area contributed by atoms with Gasteiger partial charge in [-0.3, -0.25) is 9.39 Å². The van der Waals surface area contributed by atoms with Crippen LogP contribution in [0.25, 0.3) is 5.65 Å². The molecule has 2 rings (SSSR count). The van der Waals surface area contributed by atoms with Gasteiger partial charge in [-0.2, -0.15) is 0 Å². The van der Waals surface area contributed by atoms with Gasteiger partial charge in [-0.15, -0.1) is 10.2 Å². The second-order valence-electron chi connectivity index (χ2n) is 4.96. The molecule has 0 saturated carbocycles. The van der Waals surface area contributed by atoms with Gasteiger partial charge >= 0.3 is 0 Å². The van der Waals surface area contributed by atoms with Crippen molar-refractivity contribution in [2.24, 2.45) is 4.99 Å². The minimum atomic E-state index is 0.597. The smallest absolute Gasteiger partial charge is 0.191 e. The standard InChI is InChI=1S/C15H24N6/c1-3-4-5-7-10-17-15(16-2)18-12-14-20-19-13-9-6-8-11-21(13)14/h6,8-9,11H,3-5,7,10,12H2,1-2H3,(H2,16,17,18). The number of pyridine rings is 1. The van der Waals surface area contributed by atoms with Gasteiger partial charge in [0.05, 0.1) is 6.54 Å². The zero-order chi connectivity index (χ0) is 14.9. The Morgan fingerprint density at radius 2 is 2.10 bits per heavy atom. The van der Waals surface area contributed by atoms with Crippen LogP contribution in [0.4, 0.5) is 0 Å². The van der Waals surface area contributed by atoms with Crippen molar-refractivity contribution in [3.8, 4) is 0 Å². The lowest BCUT2D eigenvalue weighted by molar-refractivity contribution is 0.645. The first-order valence-electron chi connectivity index (χ1n) is 7.58. The molecule has 2 aromatic rings. The fourth-order valence-corrected chi connectivity index (χ4v) is 2.15. The average molecular weight is 288 g/mol. The number of hydrogen-bond donors (Lipinski definition) is 2. The van der Waals surface area contributed by atoms with Crippen LogP contribution in [0.1, 0.15) is 38.4 Å². The molecule has 21 heavy (non-hydrogen) atoms. The first-order valence-corrected chi connectivity index (χ1v) is 7.58. The van der Waals surface area contributed by atoms with E-state index in [0.717, 1.165) is 24.0 Å². The van der Waals surface area contributed by atoms with Gasteiger partial charge in [-0.1, -0.05) is 32.3 Å². The molecule has 0 aliphatic rings. The predicted octanol–water partition coefficient (Wildman–Crippen LogP) is 1.97. The van der Waals surface area contributed by atoms with E-state index in [-0.39, 0.29) is 0 Å². The molecule has 6 nitrogen and oxygen atoms in total. The van der Waals surface area contributed by atoms with Gasteiger partial charge in [0.2, 0.25) is 0 Å². The van der Waals surface area contributed by atoms with E-state index in [1.807, 2.05) is 28.8 Å². The molecular weight excluding hydrogens is 264 g/mol. The van der Waals surface area contributed by atoms with Gasteiger partial charge < -0.3 is 10.6 Å². The number of aromatic nitrogens is 3. The lowest BCUT2D eigenvalue weighted by atomic mass is 10.2. The Morgan fingerprint density at radius 3 is 2.90 bits per heavy atom. The van der Waals surface area contributed by atoms with Crippen molar-refractivity contribution in [3.05, 3.63) is 30.2 Å². The molecule has 0 atom stereocenters. The van der Waals surface area contributed by atoms with E-state index < -0.39 is 0 Å². The third-order valence-electron chi connectivity index (χ3n) is 3.34. The van der Waals surface area contributed by atoms with Crippen molar-refractivity contribution in [1.29, 1.82) is 0 Å². The van der Waals surface area contributed by atoms with Crippen LogP contribution in [0.2, 0.25) is 0 Å². The number of nitrogens with zero attached hydrogens (tertiary/aromatic N) is 4. The van der Waals surface area contributed by atoms with E-state index in [2.05, 4.69) is 32.7 Å². The molecule has 0 aromatic carbocycles. The molecule has 0 aliphatic carbocycles. The highest BCUT2D eigenvalue weighted by atomic mass is 15.3. The SMILES string of the molecule is CCCCCCNC(=NC)NCc1nnc2ccccn12. The minimum Gasteiger partial charge on any atom is -0.356 e. The van der Waals surface area contributed by atoms with Crippen LogP contribution in [0, 0.1) is 0 Å². The number of fused-ring (bicyclic) bond motifs is 1. The van der Waals surface area contributed by atoms with Gasteiger partial charge in [0.1, 0.15) is 0 Å². The summed E-state index contributed by atoms with van der Waals surface area (Å²) in [5, 5.41) is 14.9. The van der Waals surface area contributed by atoms with Crippen LogP contribution < -0.4 is 10.6 Å². The Labute approximate surface area is 125 Å². The summed E-state index contributed by atoms with van der Waals surface area (Å²) in [7, 11) is 1.78. The number of rotatable bonds is 7. The highest BCUT2D eigenvalue weighted by molar-refractivity contribution is 5.79. The monoisotopic (exact) mass is 288 g/mol. The van der Waals surface area contributed by atoms with E-state index in [9.17, 15) is 0 Å². The van der Waals surface area contributed by atoms with Crippen LogP contribution in [0.5, 0.6) is 0 Å². The van der Waals surface area contributed by atoms with E-state index in [1.54, 1.807) is 7.05 Å². The summed E-state index contributed by atoms with van der Waals surface area (Å²) in [4.78, 5) is 4.22. The largest absolute Gasteiger partial charge is 0.356 e. The van der Waals surface area contributed by atoms with E-state index >= 15 is 0 Å². The lowest BCUT2D eigenvalue weighted by Crippen LogP contribution is -2.37. The third-order valence-corrected chi connectivity index (χ3v) is 3.34. The van der Waals surface area contributed by atoms with Crippen LogP contribution in [-0.2, 0) is 6.54 Å². The zero-order valence-corrected chi connectivity index (χ0v) is 12.8. The second-order valence-corrected chi connectivity index (χ2v) is 4.96. The Bertz CT molecular complexity index is 574. The summed E-state index contributed by atoms with van der Waals surface area (Å²) in [5.41, 5.74) is 0.858. The molecule has 0 saturated heterocycles. The fourth-order valence-electron chi connectivity index (χ4n) is 2.15. The summed E-state index contributed by atoms with van der Waals surface area (Å²) in [6.45, 7) is 3.76. The number of aliphatic imine (C=N–C) groups is 1. The molecule has 0 spiro atoms. The summed E-state index contributed by atoms with van der Waals surface area (Å²) in [5.74, 6) is 1.68. The zero-order valence-electron chi connectivity index (χ0n) is 12.8. The highest BCUT2D eigenvalue weighted by Crippen LogP contribution is 2.02. The van der Waals surface area contributed by atoms with Gasteiger partial charge in [0.25, 0.3) is 0 Å². The summed E-state index contributed by atoms with van der Waals surface area (Å²) in [6.07, 6.45) is 6.94. The van der Waals surface area contributed by atoms with E-state index in [4.69, 9.17) is 0 Å². The number of unbranched alkanes of at least 4 members (excludes halogenated alkanes) is 3. The maximum Gasteiger partial charge on any atom is 0.191 e. The third kappa shape index (κ3) is 4.44. The molecule has 0 aliphatic heterocycles. The first-order chi connectivity index (χ1) is 10.3. The van der Waals surface area contributed by atoms with Crippen LogP contribution in [-0.4, -0.2) is 34.2 Å². The normalized spacial score (nSPS) is 11.8. The van der Waals surface area contributed by atoms with Crippen molar-refractivity contribution < 1.29 is 0 Å². The summed E-state index contributed by atoms with van der Waals surface area (Å²) < 4.78 is 1.97. The summed E-state index contributed by atoms with van der Waals surface area (Å²) >= 11 is 0. The van der Waals surface area contributed by atoms with Gasteiger partial charge in [0, 0.05) is 19.8 Å². The highest BCUT2D eigenvalue weighted by Gasteiger charge is 2.05. The molecule has 2 heterocycles. The Balaban J connectivity index is 1.80. The number of guanidine groups is 1. The van der Waals surface area contributed by atoms with Gasteiger partial charge in [-0.05, 0) is 18.6 Å². The van der Waals surface area contributed by atoms with Crippen molar-refractivity contribution >= 4 is 11.6 Å². The molecule has 114 valence electrons. The average Bonchev–Trinajstić information content (AvgIpc) is 2.93. The number of nitrogens with one attached hydrogen (secondary N) is 2. The topological polar surface area (TPSA) is 66.6 Å². The molecule has 0 fully saturated rings. The molecular formula is C15H24N6. The number of hydrogen-bond acceptors (Lipinski definition) is 3. The lowest BCUT2D eigenvalue weighted by Gasteiger charge is -2.11. The van der Waals surface area contributed by atoms with Crippen LogP contribution in [0.3, 0.4) is 0 Å². The van der Waals surface area contributed by atoms with Gasteiger partial charge in [-0.25, -0.2) is 0 Å². The first kappa shape index (κ1) is 15.3. The fraction of sp³-hybridized carbons (Fsp3) is 0.533. The molecule has 0 bridgehead atoms. The molecule has 0 amide bonds. The molecule has 0 unspecified atom stereocenters. The summed E-state index contributed by atoms with van der Waals surface area (Å²) in [6, 6.07) is 5.87. The molecule has 6 heteroatoms. The van der Waals surface area contributed by atoms with E-state index in [1.165, 1.54) is 25.7 Å². The van der Waals surface area contributed by atoms with Crippen molar-refractivity contribution in [3.63, 3.8) is 0 Å². The second kappa shape index (κ2) is 8.24. The maximum absolute atomic E-state index is 4.22. The van der Waals surface area contributed by atoms with Crippen molar-refractivity contribution in [2.45, 2.75) is 39.2 Å². The minimum absolute atomic E-state index is 0.597. The van der Waals surface area contributed by atoms with E-state index in [0.29, 0.717) is 6.54 Å². The van der Waals surface area contributed by atoms with Crippen molar-refractivity contribution in [2.75, 3.05) is 13.6 Å². The molecule has 2 aromatic heterocycles. The van der Waals surface area contributed by atoms with Crippen molar-refractivity contribution in [1.82, 2.24) is 25.2 Å². The molecule has 2 N–H and O–H groups in total. The van der Waals surface area contributed by atoms with Gasteiger partial charge in [0.15, 0.2) is 17.4 Å². The predicted molar refractivity (Wildman–Crippen MR) is 85.3 cm³/mol.